The number of halogens is 6. The number of hydrogen-bond acceptors (Lipinski definition) is 4. The molecule has 2 heterocycles. The maximum atomic E-state index is 14.5. The third-order valence-corrected chi connectivity index (χ3v) is 7.40. The maximum absolute atomic E-state index is 14.5. The number of hydrogen-bond donors (Lipinski definition) is 1. The first kappa shape index (κ1) is 30.2. The molecular weight excluding hydrogens is 548 g/mol. The summed E-state index contributed by atoms with van der Waals surface area (Å²) in [4.78, 5) is 34.3. The van der Waals surface area contributed by atoms with Crippen LogP contribution in [0.1, 0.15) is 43.7 Å². The lowest BCUT2D eigenvalue weighted by Gasteiger charge is -2.38. The molecule has 5 nitrogen and oxygen atoms in total. The van der Waals surface area contributed by atoms with Gasteiger partial charge in [0.25, 0.3) is 0 Å². The van der Waals surface area contributed by atoms with Crippen LogP contribution in [0.25, 0.3) is 0 Å². The van der Waals surface area contributed by atoms with Crippen molar-refractivity contribution in [1.29, 1.82) is 0 Å². The van der Waals surface area contributed by atoms with Gasteiger partial charge in [-0.15, -0.1) is 0 Å². The van der Waals surface area contributed by atoms with Crippen LogP contribution in [-0.2, 0) is 30.0 Å². The van der Waals surface area contributed by atoms with E-state index in [1.54, 1.807) is 30.3 Å². The highest BCUT2D eigenvalue weighted by Gasteiger charge is 2.49. The van der Waals surface area contributed by atoms with Gasteiger partial charge in [-0.05, 0) is 73.2 Å². The number of Topliss-reactive ketones (excluding diaryl/α,β-unsaturated/α-hetero) is 1. The standard InChI is InChI=1S/C30H29F6N3O2/c1-19-5-6-21(12-20(19)2)16-28(17-22-4-3-7-38-18-22,27(41)39-10-8-37-9-11-39)26(40)23-13-24(29(31,32)33)15-25(14-23)30(34,35)36/h3-7,12-15,18,37H,8-11,16-17H2,1-2H3. The van der Waals surface area contributed by atoms with Crippen molar-refractivity contribution < 1.29 is 35.9 Å². The van der Waals surface area contributed by atoms with E-state index in [2.05, 4.69) is 10.3 Å². The van der Waals surface area contributed by atoms with Crippen molar-refractivity contribution in [2.75, 3.05) is 26.2 Å². The topological polar surface area (TPSA) is 62.3 Å². The molecule has 0 radical (unpaired) electrons. The highest BCUT2D eigenvalue weighted by molar-refractivity contribution is 6.14. The molecular formula is C30H29F6N3O2. The van der Waals surface area contributed by atoms with E-state index in [-0.39, 0.29) is 32.0 Å². The summed E-state index contributed by atoms with van der Waals surface area (Å²) in [7, 11) is 0. The number of carbonyl (C=O) groups is 2. The molecule has 1 atom stereocenters. The van der Waals surface area contributed by atoms with Gasteiger partial charge in [-0.2, -0.15) is 26.3 Å². The molecule has 11 heteroatoms. The van der Waals surface area contributed by atoms with Crippen molar-refractivity contribution in [2.24, 2.45) is 5.41 Å². The second-order valence-corrected chi connectivity index (χ2v) is 10.4. The molecule has 3 aromatic rings. The van der Waals surface area contributed by atoms with Gasteiger partial charge in [0.15, 0.2) is 5.78 Å². The number of rotatable bonds is 7. The molecule has 2 aromatic carbocycles. The van der Waals surface area contributed by atoms with Gasteiger partial charge in [-0.1, -0.05) is 24.3 Å². The molecule has 41 heavy (non-hydrogen) atoms. The summed E-state index contributed by atoms with van der Waals surface area (Å²) in [5, 5.41) is 3.10. The average molecular weight is 578 g/mol. The van der Waals surface area contributed by atoms with Crippen LogP contribution in [0.5, 0.6) is 0 Å². The number of ketones is 1. The van der Waals surface area contributed by atoms with Crippen LogP contribution in [0.2, 0.25) is 0 Å². The lowest BCUT2D eigenvalue weighted by atomic mass is 9.69. The van der Waals surface area contributed by atoms with Gasteiger partial charge in [-0.3, -0.25) is 14.6 Å². The Bertz CT molecular complexity index is 1380. The summed E-state index contributed by atoms with van der Waals surface area (Å²) in [6, 6.07) is 9.27. The monoisotopic (exact) mass is 577 g/mol. The zero-order chi connectivity index (χ0) is 30.0. The highest BCUT2D eigenvalue weighted by atomic mass is 19.4. The molecule has 1 aromatic heterocycles. The Labute approximate surface area is 233 Å². The third-order valence-electron chi connectivity index (χ3n) is 7.40. The van der Waals surface area contributed by atoms with E-state index >= 15 is 0 Å². The van der Waals surface area contributed by atoms with Gasteiger partial charge >= 0.3 is 12.4 Å². The van der Waals surface area contributed by atoms with Crippen molar-refractivity contribution in [1.82, 2.24) is 15.2 Å². The smallest absolute Gasteiger partial charge is 0.339 e. The first-order valence-electron chi connectivity index (χ1n) is 13.0. The number of carbonyl (C=O) groups excluding carboxylic acids is 2. The first-order chi connectivity index (χ1) is 19.2. The summed E-state index contributed by atoms with van der Waals surface area (Å²) >= 11 is 0. The Morgan fingerprint density at radius 2 is 1.44 bits per heavy atom. The summed E-state index contributed by atoms with van der Waals surface area (Å²) in [6.07, 6.45) is -7.90. The van der Waals surface area contributed by atoms with Crippen molar-refractivity contribution >= 4 is 11.7 Å². The third kappa shape index (κ3) is 6.78. The van der Waals surface area contributed by atoms with E-state index in [9.17, 15) is 35.9 Å². The van der Waals surface area contributed by atoms with E-state index in [0.29, 0.717) is 36.3 Å². The molecule has 1 aliphatic heterocycles. The van der Waals surface area contributed by atoms with Gasteiger partial charge in [-0.25, -0.2) is 0 Å². The Kier molecular flexibility index (Phi) is 8.58. The predicted octanol–water partition coefficient (Wildman–Crippen LogP) is 5.82. The second kappa shape index (κ2) is 11.6. The van der Waals surface area contributed by atoms with Crippen LogP contribution in [-0.4, -0.2) is 47.8 Å². The highest BCUT2D eigenvalue weighted by Crippen LogP contribution is 2.40. The van der Waals surface area contributed by atoms with Crippen LogP contribution in [0.15, 0.2) is 60.9 Å². The number of nitrogens with zero attached hydrogens (tertiary/aromatic N) is 2. The van der Waals surface area contributed by atoms with E-state index in [1.807, 2.05) is 13.8 Å². The summed E-state index contributed by atoms with van der Waals surface area (Å²) in [5.74, 6) is -1.77. The molecule has 1 N–H and O–H groups in total. The minimum atomic E-state index is -5.15. The van der Waals surface area contributed by atoms with Gasteiger partial charge < -0.3 is 10.2 Å². The number of aryl methyl sites for hydroxylation is 2. The second-order valence-electron chi connectivity index (χ2n) is 10.4. The number of piperazine rings is 1. The van der Waals surface area contributed by atoms with Crippen LogP contribution in [0.4, 0.5) is 26.3 Å². The molecule has 0 saturated carbocycles. The SMILES string of the molecule is Cc1ccc(CC(Cc2cccnc2)(C(=O)c2cc(C(F)(F)F)cc(C(F)(F)F)c2)C(=O)N2CCNCC2)cc1C. The van der Waals surface area contributed by atoms with Crippen LogP contribution in [0, 0.1) is 19.3 Å². The van der Waals surface area contributed by atoms with Gasteiger partial charge in [0.05, 0.1) is 11.1 Å². The maximum Gasteiger partial charge on any atom is 0.416 e. The van der Waals surface area contributed by atoms with Crippen LogP contribution < -0.4 is 5.32 Å². The van der Waals surface area contributed by atoms with Crippen molar-refractivity contribution in [3.05, 3.63) is 99.9 Å². The van der Waals surface area contributed by atoms with Crippen molar-refractivity contribution in [2.45, 2.75) is 39.0 Å². The Morgan fingerprint density at radius 3 is 1.98 bits per heavy atom. The number of alkyl halides is 6. The molecule has 1 fully saturated rings. The van der Waals surface area contributed by atoms with Gasteiger partial charge in [0.2, 0.25) is 5.91 Å². The van der Waals surface area contributed by atoms with E-state index in [0.717, 1.165) is 11.1 Å². The lowest BCUT2D eigenvalue weighted by molar-refractivity contribution is -0.143. The summed E-state index contributed by atoms with van der Waals surface area (Å²) in [6.45, 7) is 5.02. The molecule has 1 aliphatic rings. The minimum Gasteiger partial charge on any atom is -0.339 e. The molecule has 1 amide bonds. The average Bonchev–Trinajstić information content (AvgIpc) is 2.93. The number of aromatic nitrogens is 1. The zero-order valence-corrected chi connectivity index (χ0v) is 22.5. The van der Waals surface area contributed by atoms with E-state index in [1.165, 1.54) is 17.3 Å². The summed E-state index contributed by atoms with van der Waals surface area (Å²) < 4.78 is 82.5. The Hall–Kier alpha value is -3.73. The van der Waals surface area contributed by atoms with Gasteiger partial charge in [0.1, 0.15) is 5.41 Å². The molecule has 0 bridgehead atoms. The molecule has 218 valence electrons. The largest absolute Gasteiger partial charge is 0.416 e. The number of amides is 1. The fourth-order valence-electron chi connectivity index (χ4n) is 5.12. The van der Waals surface area contributed by atoms with E-state index < -0.39 is 46.1 Å². The normalized spacial score (nSPS) is 15.9. The quantitative estimate of drug-likeness (QED) is 0.218. The minimum absolute atomic E-state index is 0.0268. The van der Waals surface area contributed by atoms with Crippen LogP contribution >= 0.6 is 0 Å². The Morgan fingerprint density at radius 1 is 0.829 bits per heavy atom. The van der Waals surface area contributed by atoms with Gasteiger partial charge in [0, 0.05) is 44.1 Å². The molecule has 0 spiro atoms. The fourth-order valence-corrected chi connectivity index (χ4v) is 5.12. The molecule has 0 aliphatic carbocycles. The van der Waals surface area contributed by atoms with Crippen LogP contribution in [0.3, 0.4) is 0 Å². The van der Waals surface area contributed by atoms with E-state index in [4.69, 9.17) is 0 Å². The van der Waals surface area contributed by atoms with Crippen molar-refractivity contribution in [3.63, 3.8) is 0 Å². The molecule has 1 saturated heterocycles. The lowest BCUT2D eigenvalue weighted by Crippen LogP contribution is -2.56. The zero-order valence-electron chi connectivity index (χ0n) is 22.5. The number of benzene rings is 2. The number of nitrogens with one attached hydrogen (secondary N) is 1. The summed E-state index contributed by atoms with van der Waals surface area (Å²) in [5.41, 5.74) is -3.32. The van der Waals surface area contributed by atoms with Crippen molar-refractivity contribution in [3.8, 4) is 0 Å². The predicted molar refractivity (Wildman–Crippen MR) is 140 cm³/mol. The molecule has 1 unspecified atom stereocenters. The Balaban J connectivity index is 1.97. The molecule has 4 rings (SSSR count). The first-order valence-corrected chi connectivity index (χ1v) is 13.0. The number of pyridine rings is 1. The fraction of sp³-hybridized carbons (Fsp3) is 0.367.